The molecule has 3 aromatic rings. The van der Waals surface area contributed by atoms with Gasteiger partial charge >= 0.3 is 0 Å². The quantitative estimate of drug-likeness (QED) is 0.463. The number of hydrogen-bond donors (Lipinski definition) is 1. The molecule has 2 N–H and O–H groups in total. The molecule has 1 aromatic heterocycles. The smallest absolute Gasteiger partial charge is 0.173 e. The molecule has 2 aromatic carbocycles. The lowest BCUT2D eigenvalue weighted by Crippen LogP contribution is -2.06. The maximum Gasteiger partial charge on any atom is 0.173 e. The number of pyridine rings is 1. The van der Waals surface area contributed by atoms with E-state index in [1.54, 1.807) is 55.6 Å². The van der Waals surface area contributed by atoms with Crippen LogP contribution < -0.4 is 10.5 Å². The molecule has 8 heteroatoms. The van der Waals surface area contributed by atoms with E-state index in [1.807, 2.05) is 12.1 Å². The minimum atomic E-state index is -0.186. The Morgan fingerprint density at radius 1 is 1.00 bits per heavy atom. The van der Waals surface area contributed by atoms with Crippen LogP contribution in [0.25, 0.3) is 11.1 Å². The van der Waals surface area contributed by atoms with E-state index in [4.69, 9.17) is 15.7 Å². The highest BCUT2D eigenvalue weighted by atomic mass is 32.2. The molecule has 0 unspecified atom stereocenters. The SMILES string of the molecule is COc1ccc(-c2c(C#N)c(N)nc(SCC(=O)c3ccc(C#N)cc3)c2C#N)cc1. The molecule has 0 fully saturated rings. The average Bonchev–Trinajstić information content (AvgIpc) is 2.82. The van der Waals surface area contributed by atoms with Crippen molar-refractivity contribution in [3.8, 4) is 35.1 Å². The number of rotatable bonds is 6. The van der Waals surface area contributed by atoms with E-state index < -0.39 is 0 Å². The zero-order valence-electron chi connectivity index (χ0n) is 16.4. The summed E-state index contributed by atoms with van der Waals surface area (Å²) >= 11 is 1.07. The second-order valence-corrected chi connectivity index (χ2v) is 7.24. The second-order valence-electron chi connectivity index (χ2n) is 6.28. The van der Waals surface area contributed by atoms with Crippen molar-refractivity contribution in [1.29, 1.82) is 15.8 Å². The van der Waals surface area contributed by atoms with Gasteiger partial charge in [0.15, 0.2) is 5.78 Å². The first-order valence-corrected chi connectivity index (χ1v) is 9.95. The molecule has 31 heavy (non-hydrogen) atoms. The van der Waals surface area contributed by atoms with Crippen LogP contribution in [-0.2, 0) is 0 Å². The third-order valence-corrected chi connectivity index (χ3v) is 5.45. The molecular weight excluding hydrogens is 410 g/mol. The van der Waals surface area contributed by atoms with Crippen LogP contribution in [0.15, 0.2) is 53.6 Å². The molecule has 0 aliphatic carbocycles. The second kappa shape index (κ2) is 9.45. The zero-order chi connectivity index (χ0) is 22.4. The normalized spacial score (nSPS) is 9.87. The first-order chi connectivity index (χ1) is 15.0. The van der Waals surface area contributed by atoms with Crippen LogP contribution in [0.1, 0.15) is 27.0 Å². The van der Waals surface area contributed by atoms with Crippen molar-refractivity contribution < 1.29 is 9.53 Å². The van der Waals surface area contributed by atoms with Crippen molar-refractivity contribution in [2.75, 3.05) is 18.6 Å². The number of ether oxygens (including phenoxy) is 1. The molecule has 7 nitrogen and oxygen atoms in total. The number of carbonyl (C=O) groups is 1. The standard InChI is InChI=1S/C23H15N5O2S/c1-30-17-8-6-16(7-9-17)21-18(11-25)22(27)28-23(19(21)12-26)31-13-20(29)15-4-2-14(10-24)3-5-15/h2-9H,13H2,1H3,(H2,27,28). The molecule has 0 aliphatic rings. The van der Waals surface area contributed by atoms with Gasteiger partial charge in [0, 0.05) is 11.1 Å². The van der Waals surface area contributed by atoms with Gasteiger partial charge in [0.1, 0.15) is 34.3 Å². The highest BCUT2D eigenvalue weighted by Gasteiger charge is 2.21. The van der Waals surface area contributed by atoms with Gasteiger partial charge in [-0.1, -0.05) is 36.0 Å². The molecule has 0 bridgehead atoms. The largest absolute Gasteiger partial charge is 0.497 e. The van der Waals surface area contributed by atoms with Crippen molar-refractivity contribution >= 4 is 23.4 Å². The Kier molecular flexibility index (Phi) is 6.52. The molecule has 0 amide bonds. The van der Waals surface area contributed by atoms with Crippen molar-refractivity contribution in [1.82, 2.24) is 4.98 Å². The lowest BCUT2D eigenvalue weighted by Gasteiger charge is -2.13. The average molecular weight is 425 g/mol. The predicted octanol–water partition coefficient (Wildman–Crippen LogP) is 3.93. The molecule has 0 aliphatic heterocycles. The van der Waals surface area contributed by atoms with Crippen LogP contribution in [-0.4, -0.2) is 23.6 Å². The number of carbonyl (C=O) groups excluding carboxylic acids is 1. The number of benzene rings is 2. The molecule has 0 saturated heterocycles. The van der Waals surface area contributed by atoms with Crippen LogP contribution in [0.2, 0.25) is 0 Å². The van der Waals surface area contributed by atoms with Crippen LogP contribution in [0.5, 0.6) is 5.75 Å². The number of aromatic nitrogens is 1. The topological polar surface area (TPSA) is 137 Å². The Bertz CT molecular complexity index is 1260. The Labute approximate surface area is 183 Å². The van der Waals surface area contributed by atoms with Crippen molar-refractivity contribution in [2.45, 2.75) is 5.03 Å². The third kappa shape index (κ3) is 4.48. The molecular formula is C23H15N5O2S. The van der Waals surface area contributed by atoms with Crippen LogP contribution in [0.4, 0.5) is 5.82 Å². The van der Waals surface area contributed by atoms with Crippen LogP contribution in [0, 0.1) is 34.0 Å². The number of nitrogens with two attached hydrogens (primary N) is 1. The number of hydrogen-bond acceptors (Lipinski definition) is 8. The number of Topliss-reactive ketones (excluding diaryl/α,β-unsaturated/α-hetero) is 1. The van der Waals surface area contributed by atoms with Gasteiger partial charge in [-0.3, -0.25) is 4.79 Å². The molecule has 0 saturated carbocycles. The van der Waals surface area contributed by atoms with Gasteiger partial charge in [-0.25, -0.2) is 4.98 Å². The number of ketones is 1. The summed E-state index contributed by atoms with van der Waals surface area (Å²) in [6, 6.07) is 19.3. The zero-order valence-corrected chi connectivity index (χ0v) is 17.2. The van der Waals surface area contributed by atoms with Gasteiger partial charge in [0.25, 0.3) is 0 Å². The van der Waals surface area contributed by atoms with Crippen LogP contribution >= 0.6 is 11.8 Å². The Balaban J connectivity index is 1.98. The fraction of sp³-hybridized carbons (Fsp3) is 0.0870. The number of nitrogens with zero attached hydrogens (tertiary/aromatic N) is 4. The van der Waals surface area contributed by atoms with Crippen LogP contribution in [0.3, 0.4) is 0 Å². The summed E-state index contributed by atoms with van der Waals surface area (Å²) in [7, 11) is 1.54. The molecule has 0 spiro atoms. The molecule has 0 radical (unpaired) electrons. The molecule has 1 heterocycles. The van der Waals surface area contributed by atoms with E-state index in [0.29, 0.717) is 28.0 Å². The predicted molar refractivity (Wildman–Crippen MR) is 116 cm³/mol. The lowest BCUT2D eigenvalue weighted by atomic mass is 9.97. The number of methoxy groups -OCH3 is 1. The summed E-state index contributed by atoms with van der Waals surface area (Å²) in [6.07, 6.45) is 0. The van der Waals surface area contributed by atoms with E-state index in [0.717, 1.165) is 11.8 Å². The number of thioether (sulfide) groups is 1. The number of nitriles is 3. The molecule has 0 atom stereocenters. The van der Waals surface area contributed by atoms with Gasteiger partial charge in [0.2, 0.25) is 0 Å². The Morgan fingerprint density at radius 3 is 2.19 bits per heavy atom. The number of nitrogen functional groups attached to an aromatic ring is 1. The van der Waals surface area contributed by atoms with Crippen molar-refractivity contribution in [3.63, 3.8) is 0 Å². The van der Waals surface area contributed by atoms with Gasteiger partial charge in [0.05, 0.1) is 30.1 Å². The lowest BCUT2D eigenvalue weighted by molar-refractivity contribution is 0.102. The van der Waals surface area contributed by atoms with E-state index in [2.05, 4.69) is 11.1 Å². The first-order valence-electron chi connectivity index (χ1n) is 8.96. The minimum Gasteiger partial charge on any atom is -0.497 e. The monoisotopic (exact) mass is 425 g/mol. The van der Waals surface area contributed by atoms with Crippen molar-refractivity contribution in [3.05, 3.63) is 70.8 Å². The summed E-state index contributed by atoms with van der Waals surface area (Å²) in [6.45, 7) is 0. The first kappa shape index (κ1) is 21.4. The van der Waals surface area contributed by atoms with Gasteiger partial charge in [-0.15, -0.1) is 0 Å². The van der Waals surface area contributed by atoms with Crippen molar-refractivity contribution in [2.24, 2.45) is 0 Å². The summed E-state index contributed by atoms with van der Waals surface area (Å²) in [5, 5.41) is 28.6. The van der Waals surface area contributed by atoms with Gasteiger partial charge in [-0.05, 0) is 29.8 Å². The van der Waals surface area contributed by atoms with Gasteiger partial charge in [-0.2, -0.15) is 15.8 Å². The summed E-state index contributed by atoms with van der Waals surface area (Å²) < 4.78 is 5.16. The Hall–Kier alpha value is -4.32. The van der Waals surface area contributed by atoms with E-state index in [-0.39, 0.29) is 33.5 Å². The fourth-order valence-corrected chi connectivity index (χ4v) is 3.79. The summed E-state index contributed by atoms with van der Waals surface area (Å²) in [4.78, 5) is 16.7. The van der Waals surface area contributed by atoms with Gasteiger partial charge < -0.3 is 10.5 Å². The summed E-state index contributed by atoms with van der Waals surface area (Å²) in [5.74, 6) is 0.446. The maximum absolute atomic E-state index is 12.5. The molecule has 3 rings (SSSR count). The highest BCUT2D eigenvalue weighted by molar-refractivity contribution is 8.00. The van der Waals surface area contributed by atoms with E-state index in [1.165, 1.54) is 0 Å². The third-order valence-electron chi connectivity index (χ3n) is 4.47. The Morgan fingerprint density at radius 2 is 1.65 bits per heavy atom. The van der Waals surface area contributed by atoms with E-state index >= 15 is 0 Å². The highest BCUT2D eigenvalue weighted by Crippen LogP contribution is 2.36. The molecule has 150 valence electrons. The number of anilines is 1. The summed E-state index contributed by atoms with van der Waals surface area (Å²) in [5.41, 5.74) is 8.17. The van der Waals surface area contributed by atoms with E-state index in [9.17, 15) is 15.3 Å². The maximum atomic E-state index is 12.5. The fourth-order valence-electron chi connectivity index (χ4n) is 2.90. The minimum absolute atomic E-state index is 0.0133.